The van der Waals surface area contributed by atoms with Gasteiger partial charge in [0, 0.05) is 12.8 Å². The van der Waals surface area contributed by atoms with Gasteiger partial charge < -0.3 is 20.3 Å². The highest BCUT2D eigenvalue weighted by atomic mass is 16.5. The Bertz CT molecular complexity index is 1330. The van der Waals surface area contributed by atoms with Crippen LogP contribution in [0.15, 0.2) is 36.5 Å². The van der Waals surface area contributed by atoms with E-state index in [2.05, 4.69) is 43.5 Å². The molecule has 0 aliphatic rings. The van der Waals surface area contributed by atoms with E-state index in [4.69, 9.17) is 4.74 Å². The van der Waals surface area contributed by atoms with Gasteiger partial charge >= 0.3 is 5.97 Å². The zero-order valence-electron chi connectivity index (χ0n) is 55.5. The molecule has 0 aromatic rings. The van der Waals surface area contributed by atoms with E-state index >= 15 is 0 Å². The summed E-state index contributed by atoms with van der Waals surface area (Å²) in [4.78, 5) is 24.6. The van der Waals surface area contributed by atoms with E-state index in [0.29, 0.717) is 19.4 Å². The second-order valence-corrected chi connectivity index (χ2v) is 25.6. The number of aliphatic hydroxyl groups is 2. The van der Waals surface area contributed by atoms with Crippen molar-refractivity contribution in [1.29, 1.82) is 0 Å². The average Bonchev–Trinajstić information content (AvgIpc) is 3.48. The van der Waals surface area contributed by atoms with Crippen LogP contribution in [0.2, 0.25) is 0 Å². The van der Waals surface area contributed by atoms with Crippen LogP contribution in [0, 0.1) is 0 Å². The van der Waals surface area contributed by atoms with Crippen LogP contribution in [0.3, 0.4) is 0 Å². The van der Waals surface area contributed by atoms with Crippen molar-refractivity contribution in [3.8, 4) is 0 Å². The summed E-state index contributed by atoms with van der Waals surface area (Å²) in [5.74, 6) is -0.0438. The molecule has 0 radical (unpaired) electrons. The van der Waals surface area contributed by atoms with Crippen LogP contribution in [0.25, 0.3) is 0 Å². The number of unbranched alkanes of at least 4 members (excludes halogenated alkanes) is 55. The molecule has 0 aromatic heterocycles. The predicted molar refractivity (Wildman–Crippen MR) is 361 cm³/mol. The number of carbonyl (C=O) groups is 2. The van der Waals surface area contributed by atoms with Gasteiger partial charge in [0.15, 0.2) is 0 Å². The molecule has 6 heteroatoms. The Balaban J connectivity index is 3.32. The van der Waals surface area contributed by atoms with Crippen molar-refractivity contribution in [3.63, 3.8) is 0 Å². The molecule has 0 saturated carbocycles. The maximum Gasteiger partial charge on any atom is 0.305 e. The highest BCUT2D eigenvalue weighted by Crippen LogP contribution is 2.19. The van der Waals surface area contributed by atoms with E-state index in [1.807, 2.05) is 6.08 Å². The third-order valence-corrected chi connectivity index (χ3v) is 17.4. The minimum absolute atomic E-state index is 0.0176. The highest BCUT2D eigenvalue weighted by molar-refractivity contribution is 5.76. The van der Waals surface area contributed by atoms with Gasteiger partial charge in [-0.05, 0) is 64.2 Å². The quantitative estimate of drug-likeness (QED) is 0.0320. The summed E-state index contributed by atoms with van der Waals surface area (Å²) in [6.45, 7) is 4.91. The fourth-order valence-corrected chi connectivity index (χ4v) is 11.7. The monoisotopic (exact) mass is 1150 g/mol. The average molecular weight is 1150 g/mol. The molecular weight excluding hydrogens is 1010 g/mol. The predicted octanol–water partition coefficient (Wildman–Crippen LogP) is 24.3. The minimum Gasteiger partial charge on any atom is -0.466 e. The lowest BCUT2D eigenvalue weighted by Gasteiger charge is -2.20. The number of allylic oxidation sites excluding steroid dienone is 5. The van der Waals surface area contributed by atoms with E-state index in [9.17, 15) is 19.8 Å². The third kappa shape index (κ3) is 67.2. The number of hydrogen-bond donors (Lipinski definition) is 3. The van der Waals surface area contributed by atoms with Crippen LogP contribution in [0.4, 0.5) is 0 Å². The number of rotatable bonds is 70. The van der Waals surface area contributed by atoms with Gasteiger partial charge in [-0.15, -0.1) is 0 Å². The zero-order chi connectivity index (χ0) is 59.2. The van der Waals surface area contributed by atoms with Gasteiger partial charge in [-0.2, -0.15) is 0 Å². The van der Waals surface area contributed by atoms with Gasteiger partial charge in [0.1, 0.15) is 0 Å². The molecule has 0 bridgehead atoms. The standard InChI is InChI=1S/C76H145NO5/c1-3-5-7-9-11-13-15-17-19-20-35-39-42-46-50-54-58-62-66-70-76(81)82-71-67-63-59-55-51-47-43-40-37-34-32-30-28-26-24-22-21-23-25-27-29-31-33-36-38-41-45-49-53-57-61-65-69-75(80)77-73(72-78)74(79)68-64-60-56-52-48-44-18-16-14-12-10-8-6-4-2/h11,13,17,19,64,68,73-74,78-79H,3-10,12,14-16,18,20-63,65-67,69-72H2,1-2H3,(H,77,80)/b13-11-,19-17-,68-64+. The Labute approximate surface area is 513 Å². The summed E-state index contributed by atoms with van der Waals surface area (Å²) in [6.07, 6.45) is 92.5. The first-order chi connectivity index (χ1) is 40.5. The molecular formula is C76H145NO5. The van der Waals surface area contributed by atoms with E-state index < -0.39 is 12.1 Å². The summed E-state index contributed by atoms with van der Waals surface area (Å²) in [5, 5.41) is 23.2. The van der Waals surface area contributed by atoms with Gasteiger partial charge in [-0.3, -0.25) is 9.59 Å². The van der Waals surface area contributed by atoms with Crippen molar-refractivity contribution in [1.82, 2.24) is 5.32 Å². The lowest BCUT2D eigenvalue weighted by atomic mass is 10.0. The maximum absolute atomic E-state index is 12.5. The van der Waals surface area contributed by atoms with Gasteiger partial charge in [0.05, 0.1) is 25.4 Å². The van der Waals surface area contributed by atoms with Crippen LogP contribution in [-0.2, 0) is 14.3 Å². The van der Waals surface area contributed by atoms with Crippen molar-refractivity contribution in [2.75, 3.05) is 13.2 Å². The van der Waals surface area contributed by atoms with Crippen LogP contribution in [-0.4, -0.2) is 47.4 Å². The van der Waals surface area contributed by atoms with Crippen molar-refractivity contribution in [2.24, 2.45) is 0 Å². The lowest BCUT2D eigenvalue weighted by Crippen LogP contribution is -2.45. The molecule has 2 atom stereocenters. The number of hydrogen-bond acceptors (Lipinski definition) is 5. The van der Waals surface area contributed by atoms with Gasteiger partial charge in [-0.1, -0.05) is 371 Å². The van der Waals surface area contributed by atoms with E-state index in [1.54, 1.807) is 6.08 Å². The topological polar surface area (TPSA) is 95.9 Å². The molecule has 2 unspecified atom stereocenters. The van der Waals surface area contributed by atoms with Gasteiger partial charge in [-0.25, -0.2) is 0 Å². The first-order valence-corrected chi connectivity index (χ1v) is 37.3. The fourth-order valence-electron chi connectivity index (χ4n) is 11.7. The Morgan fingerprint density at radius 1 is 0.341 bits per heavy atom. The minimum atomic E-state index is -0.841. The normalized spacial score (nSPS) is 12.7. The van der Waals surface area contributed by atoms with Crippen molar-refractivity contribution >= 4 is 11.9 Å². The summed E-state index contributed by atoms with van der Waals surface area (Å²) >= 11 is 0. The lowest BCUT2D eigenvalue weighted by molar-refractivity contribution is -0.143. The molecule has 3 N–H and O–H groups in total. The smallest absolute Gasteiger partial charge is 0.305 e. The fraction of sp³-hybridized carbons (Fsp3) is 0.895. The van der Waals surface area contributed by atoms with Crippen molar-refractivity contribution in [3.05, 3.63) is 36.5 Å². The zero-order valence-corrected chi connectivity index (χ0v) is 55.5. The van der Waals surface area contributed by atoms with Crippen LogP contribution >= 0.6 is 0 Å². The molecule has 0 aliphatic heterocycles. The first-order valence-electron chi connectivity index (χ1n) is 37.3. The molecule has 82 heavy (non-hydrogen) atoms. The maximum atomic E-state index is 12.5. The molecule has 0 spiro atoms. The molecule has 0 aliphatic carbocycles. The SMILES string of the molecule is CCCCC/C=C\C/C=C\CCCCCCCCCCCC(=O)OCCCCCCCCCCCCCCCCCCCCCCCCCCCCCCCCCCC(=O)NC(CO)C(O)/C=C/CCCCCCCCCCCCCC. The molecule has 0 aromatic carbocycles. The molecule has 6 nitrogen and oxygen atoms in total. The summed E-state index contributed by atoms with van der Waals surface area (Å²) in [6, 6.07) is -0.624. The Hall–Kier alpha value is -1.92. The molecule has 0 fully saturated rings. The number of ether oxygens (including phenoxy) is 1. The number of nitrogens with one attached hydrogen (secondary N) is 1. The summed E-state index contributed by atoms with van der Waals surface area (Å²) < 4.78 is 5.51. The first kappa shape index (κ1) is 80.1. The van der Waals surface area contributed by atoms with E-state index in [-0.39, 0.29) is 18.5 Å². The Kier molecular flexibility index (Phi) is 69.9. The Morgan fingerprint density at radius 3 is 0.951 bits per heavy atom. The molecule has 0 saturated heterocycles. The van der Waals surface area contributed by atoms with Crippen LogP contribution < -0.4 is 5.32 Å². The molecule has 0 rings (SSSR count). The molecule has 1 amide bonds. The molecule has 484 valence electrons. The number of aliphatic hydroxyl groups excluding tert-OH is 2. The van der Waals surface area contributed by atoms with E-state index in [0.717, 1.165) is 51.4 Å². The second-order valence-electron chi connectivity index (χ2n) is 25.6. The van der Waals surface area contributed by atoms with Crippen molar-refractivity contribution < 1.29 is 24.5 Å². The van der Waals surface area contributed by atoms with Crippen molar-refractivity contribution in [2.45, 2.75) is 424 Å². The van der Waals surface area contributed by atoms with Gasteiger partial charge in [0.25, 0.3) is 0 Å². The van der Waals surface area contributed by atoms with Crippen LogP contribution in [0.1, 0.15) is 412 Å². The van der Waals surface area contributed by atoms with E-state index in [1.165, 1.54) is 334 Å². The molecule has 0 heterocycles. The number of esters is 1. The number of amides is 1. The van der Waals surface area contributed by atoms with Gasteiger partial charge in [0.2, 0.25) is 5.91 Å². The summed E-state index contributed by atoms with van der Waals surface area (Å²) in [7, 11) is 0. The van der Waals surface area contributed by atoms with Crippen LogP contribution in [0.5, 0.6) is 0 Å². The summed E-state index contributed by atoms with van der Waals surface area (Å²) in [5.41, 5.74) is 0. The third-order valence-electron chi connectivity index (χ3n) is 17.4. The highest BCUT2D eigenvalue weighted by Gasteiger charge is 2.18. The second kappa shape index (κ2) is 71.6. The largest absolute Gasteiger partial charge is 0.466 e. The Morgan fingerprint density at radius 2 is 0.610 bits per heavy atom. The number of carbonyl (C=O) groups excluding carboxylic acids is 2.